The molecule has 0 aromatic rings. The average molecular weight is 1090 g/mol. The molecule has 20 nitrogen and oxygen atoms in total. The van der Waals surface area contributed by atoms with E-state index in [1.165, 1.54) is 77.0 Å². The SMILES string of the molecule is CCCCCCCC/C=C/CCCCCCCC(=O)OC[C@H](COP(=O)([O-])OCCNCC(O)C(O)[C@H](O[C@@H]1O[C@H](CO)[C@H](O)[C@H](O)[C@H]1O)[C@H](O)CO)OC(=O)CCCCCCC/C=C/CCCCCCCC.[NH4+]. The van der Waals surface area contributed by atoms with E-state index in [0.717, 1.165) is 77.0 Å². The molecule has 1 rings (SSSR count). The number of allylic oxidation sites excluding steroid dienone is 4. The second-order valence-corrected chi connectivity index (χ2v) is 20.8. The monoisotopic (exact) mass is 1090 g/mol. The van der Waals surface area contributed by atoms with E-state index in [-0.39, 0.29) is 25.5 Å². The lowest BCUT2D eigenvalue weighted by atomic mass is 9.98. The van der Waals surface area contributed by atoms with Crippen molar-refractivity contribution >= 4 is 19.8 Å². The summed E-state index contributed by atoms with van der Waals surface area (Å²) in [7, 11) is -5.01. The third-order valence-electron chi connectivity index (χ3n) is 12.8. The van der Waals surface area contributed by atoms with Crippen molar-refractivity contribution in [1.29, 1.82) is 0 Å². The first kappa shape index (κ1) is 72.0. The number of nitrogens with one attached hydrogen (secondary N) is 1. The maximum atomic E-state index is 12.9. The molecule has 21 heteroatoms. The zero-order chi connectivity index (χ0) is 54.0. The van der Waals surface area contributed by atoms with Gasteiger partial charge in [0.05, 0.1) is 32.5 Å². The van der Waals surface area contributed by atoms with Crippen molar-refractivity contribution in [3.8, 4) is 0 Å². The fourth-order valence-corrected chi connectivity index (χ4v) is 8.91. The molecule has 0 amide bonds. The van der Waals surface area contributed by atoms with E-state index in [0.29, 0.717) is 12.8 Å². The molecule has 1 fully saturated rings. The number of hydrogen-bond donors (Lipinski definition) is 10. The topological polar surface area (TPSA) is 340 Å². The molecule has 3 unspecified atom stereocenters. The number of phosphoric ester groups is 1. The number of unbranched alkanes of at least 4 members (excludes halogenated alkanes) is 22. The van der Waals surface area contributed by atoms with Crippen LogP contribution in [-0.2, 0) is 42.1 Å². The van der Waals surface area contributed by atoms with Crippen molar-refractivity contribution in [3.63, 3.8) is 0 Å². The van der Waals surface area contributed by atoms with Gasteiger partial charge in [-0.05, 0) is 64.2 Å². The second kappa shape index (κ2) is 47.1. The van der Waals surface area contributed by atoms with Gasteiger partial charge in [0.2, 0.25) is 0 Å². The first-order chi connectivity index (χ1) is 35.2. The fourth-order valence-electron chi connectivity index (χ4n) is 8.17. The highest BCUT2D eigenvalue weighted by atomic mass is 31.2. The normalized spacial score (nSPS) is 21.0. The highest BCUT2D eigenvalue weighted by Crippen LogP contribution is 2.38. The summed E-state index contributed by atoms with van der Waals surface area (Å²) in [6, 6.07) is 0. The minimum atomic E-state index is -5.01. The zero-order valence-electron chi connectivity index (χ0n) is 45.4. The van der Waals surface area contributed by atoms with Crippen LogP contribution < -0.4 is 16.4 Å². The van der Waals surface area contributed by atoms with Crippen molar-refractivity contribution in [3.05, 3.63) is 24.3 Å². The first-order valence-corrected chi connectivity index (χ1v) is 29.2. The molecule has 74 heavy (non-hydrogen) atoms. The third kappa shape index (κ3) is 36.2. The van der Waals surface area contributed by atoms with Crippen molar-refractivity contribution in [2.45, 2.75) is 255 Å². The number of esters is 2. The molecule has 0 aromatic heterocycles. The molecule has 0 radical (unpaired) electrons. The summed E-state index contributed by atoms with van der Waals surface area (Å²) in [5.74, 6) is -1.09. The molecular weight excluding hydrogens is 984 g/mol. The van der Waals surface area contributed by atoms with Gasteiger partial charge in [-0.25, -0.2) is 0 Å². The van der Waals surface area contributed by atoms with E-state index in [9.17, 15) is 59.9 Å². The van der Waals surface area contributed by atoms with Gasteiger partial charge in [0, 0.05) is 25.9 Å². The Hall–Kier alpha value is -1.95. The van der Waals surface area contributed by atoms with Crippen molar-refractivity contribution in [2.24, 2.45) is 0 Å². The zero-order valence-corrected chi connectivity index (χ0v) is 46.3. The van der Waals surface area contributed by atoms with Gasteiger partial charge in [-0.2, -0.15) is 0 Å². The lowest BCUT2D eigenvalue weighted by molar-refractivity contribution is -0.327. The van der Waals surface area contributed by atoms with Crippen LogP contribution >= 0.6 is 7.82 Å². The van der Waals surface area contributed by atoms with Crippen LogP contribution in [0.15, 0.2) is 24.3 Å². The number of quaternary nitrogens is 1. The van der Waals surface area contributed by atoms with Gasteiger partial charge in [0.15, 0.2) is 12.4 Å². The molecule has 0 aromatic carbocycles. The number of phosphoric acid groups is 1. The van der Waals surface area contributed by atoms with Crippen LogP contribution in [0.25, 0.3) is 0 Å². The van der Waals surface area contributed by atoms with Crippen LogP contribution in [0.3, 0.4) is 0 Å². The van der Waals surface area contributed by atoms with Gasteiger partial charge in [0.25, 0.3) is 7.82 Å². The van der Waals surface area contributed by atoms with E-state index in [1.807, 2.05) is 0 Å². The van der Waals surface area contributed by atoms with E-state index in [2.05, 4.69) is 43.5 Å². The molecule has 0 saturated carbocycles. The van der Waals surface area contributed by atoms with Crippen molar-refractivity contribution in [2.75, 3.05) is 46.1 Å². The van der Waals surface area contributed by atoms with Crippen LogP contribution in [0.1, 0.15) is 194 Å². The molecule has 438 valence electrons. The highest BCUT2D eigenvalue weighted by molar-refractivity contribution is 7.45. The molecule has 1 saturated heterocycles. The smallest absolute Gasteiger partial charge is 0.306 e. The summed E-state index contributed by atoms with van der Waals surface area (Å²) >= 11 is 0. The first-order valence-electron chi connectivity index (χ1n) is 27.8. The van der Waals surface area contributed by atoms with Crippen molar-refractivity contribution < 1.29 is 87.9 Å². The van der Waals surface area contributed by atoms with Gasteiger partial charge in [-0.1, -0.05) is 141 Å². The van der Waals surface area contributed by atoms with Crippen LogP contribution in [0.5, 0.6) is 0 Å². The van der Waals surface area contributed by atoms with Crippen LogP contribution in [-0.4, -0.2) is 160 Å². The predicted molar refractivity (Wildman–Crippen MR) is 282 cm³/mol. The Morgan fingerprint density at radius 1 is 0.635 bits per heavy atom. The summed E-state index contributed by atoms with van der Waals surface area (Å²) in [4.78, 5) is 38.2. The molecule has 1 aliphatic heterocycles. The molecule has 0 aliphatic carbocycles. The fraction of sp³-hybridized carbons (Fsp3) is 0.887. The lowest BCUT2D eigenvalue weighted by Gasteiger charge is -2.42. The quantitative estimate of drug-likeness (QED) is 0.0139. The molecule has 11 atom stereocenters. The largest absolute Gasteiger partial charge is 0.756 e. The van der Waals surface area contributed by atoms with Crippen molar-refractivity contribution in [1.82, 2.24) is 11.5 Å². The summed E-state index contributed by atoms with van der Waals surface area (Å²) in [6.45, 7) is 0.431. The Kier molecular flexibility index (Phi) is 45.8. The van der Waals surface area contributed by atoms with Crippen LogP contribution in [0.4, 0.5) is 0 Å². The standard InChI is InChI=1S/C53H100NO18P.H3N/c1-3-5-7-9-11-13-15-17-19-21-23-25-27-29-31-33-46(59)67-40-42(70-47(60)34-32-30-28-26-24-22-20-18-16-14-12-10-8-6-4-2)41-69-73(65,66)68-36-35-54-37-43(57)48(61)52(44(58)38-55)72-53-51(64)50(63)49(62)45(39-56)71-53;/h17-20,42-45,48-58,61-64H,3-16,21-41H2,1-2H3,(H,65,66);1H3/b19-17+,20-18+;/t42-,43?,44-,45-,48?,49+,50+,51-,52-,53+;/m1./s1. The summed E-state index contributed by atoms with van der Waals surface area (Å²) in [6.07, 6.45) is 21.0. The van der Waals surface area contributed by atoms with Gasteiger partial charge in [-0.15, -0.1) is 0 Å². The summed E-state index contributed by atoms with van der Waals surface area (Å²) in [5, 5.41) is 83.7. The number of hydrogen-bond acceptors (Lipinski definition) is 19. The summed E-state index contributed by atoms with van der Waals surface area (Å²) < 4.78 is 44.2. The molecule has 1 aliphatic rings. The Bertz CT molecular complexity index is 1450. The Labute approximate surface area is 443 Å². The molecule has 1 heterocycles. The number of carbonyl (C=O) groups excluding carboxylic acids is 2. The molecule has 0 spiro atoms. The average Bonchev–Trinajstić information content (AvgIpc) is 3.37. The Morgan fingerprint density at radius 2 is 1.11 bits per heavy atom. The minimum Gasteiger partial charge on any atom is -0.756 e. The number of aliphatic hydroxyl groups excluding tert-OH is 8. The van der Waals surface area contributed by atoms with Crippen LogP contribution in [0.2, 0.25) is 0 Å². The van der Waals surface area contributed by atoms with E-state index >= 15 is 0 Å². The van der Waals surface area contributed by atoms with Gasteiger partial charge in [-0.3, -0.25) is 14.2 Å². The molecule has 13 N–H and O–H groups in total. The van der Waals surface area contributed by atoms with E-state index in [1.54, 1.807) is 0 Å². The Morgan fingerprint density at radius 3 is 1.59 bits per heavy atom. The molecule has 0 bridgehead atoms. The maximum absolute atomic E-state index is 12.9. The lowest BCUT2D eigenvalue weighted by Crippen LogP contribution is -2.61. The summed E-state index contributed by atoms with van der Waals surface area (Å²) in [5.41, 5.74) is 0. The van der Waals surface area contributed by atoms with E-state index in [4.69, 9.17) is 28.0 Å². The second-order valence-electron chi connectivity index (χ2n) is 19.3. The van der Waals surface area contributed by atoms with Gasteiger partial charge in [0.1, 0.15) is 49.3 Å². The highest BCUT2D eigenvalue weighted by Gasteiger charge is 2.46. The van der Waals surface area contributed by atoms with E-state index < -0.39 is 121 Å². The number of ether oxygens (including phenoxy) is 4. The number of rotatable bonds is 49. The third-order valence-corrected chi connectivity index (χ3v) is 13.7. The molecular formula is C53H103N2O18P. The van der Waals surface area contributed by atoms with Gasteiger partial charge < -0.3 is 85.2 Å². The van der Waals surface area contributed by atoms with Gasteiger partial charge >= 0.3 is 11.9 Å². The Balaban J connectivity index is 0.0000533. The maximum Gasteiger partial charge on any atom is 0.306 e. The minimum absolute atomic E-state index is 0. The van der Waals surface area contributed by atoms with Crippen LogP contribution in [0, 0.1) is 0 Å². The number of carbonyl (C=O) groups is 2. The predicted octanol–water partition coefficient (Wildman–Crippen LogP) is 6.24. The number of aliphatic hydroxyl groups is 8.